The largest absolute Gasteiger partial charge is 0.324 e. The quantitative estimate of drug-likeness (QED) is 0.849. The van der Waals surface area contributed by atoms with E-state index < -0.39 is 0 Å². The Labute approximate surface area is 105 Å². The molecule has 0 aliphatic carbocycles. The van der Waals surface area contributed by atoms with Crippen LogP contribution in [0.5, 0.6) is 0 Å². The Morgan fingerprint density at radius 1 is 1.29 bits per heavy atom. The fourth-order valence-corrected chi connectivity index (χ4v) is 2.67. The molecule has 2 unspecified atom stereocenters. The van der Waals surface area contributed by atoms with Crippen molar-refractivity contribution in [3.8, 4) is 0 Å². The standard InChI is InChI=1S/C15H24N2/c1-12(16)14-5-3-6-15(11-14)13-7-4-9-17(2)10-8-13/h3,5-6,11-13H,4,7-10,16H2,1-2H3. The zero-order valence-corrected chi connectivity index (χ0v) is 11.0. The highest BCUT2D eigenvalue weighted by Crippen LogP contribution is 2.29. The second-order valence-electron chi connectivity index (χ2n) is 5.39. The molecule has 1 aliphatic heterocycles. The number of rotatable bonds is 2. The number of nitrogens with two attached hydrogens (primary N) is 1. The summed E-state index contributed by atoms with van der Waals surface area (Å²) in [6.45, 7) is 4.51. The lowest BCUT2D eigenvalue weighted by atomic mass is 9.90. The van der Waals surface area contributed by atoms with E-state index in [0.29, 0.717) is 0 Å². The fraction of sp³-hybridized carbons (Fsp3) is 0.600. The summed E-state index contributed by atoms with van der Waals surface area (Å²) >= 11 is 0. The third kappa shape index (κ3) is 3.30. The second-order valence-corrected chi connectivity index (χ2v) is 5.39. The Bertz CT molecular complexity index is 360. The van der Waals surface area contributed by atoms with Crippen LogP contribution in [0.15, 0.2) is 24.3 Å². The first-order valence-corrected chi connectivity index (χ1v) is 6.71. The molecule has 2 nitrogen and oxygen atoms in total. The highest BCUT2D eigenvalue weighted by Gasteiger charge is 2.16. The Morgan fingerprint density at radius 3 is 2.88 bits per heavy atom. The molecular weight excluding hydrogens is 208 g/mol. The van der Waals surface area contributed by atoms with E-state index in [1.54, 1.807) is 0 Å². The van der Waals surface area contributed by atoms with Gasteiger partial charge in [-0.05, 0) is 63.4 Å². The van der Waals surface area contributed by atoms with Gasteiger partial charge in [0.25, 0.3) is 0 Å². The summed E-state index contributed by atoms with van der Waals surface area (Å²) < 4.78 is 0. The van der Waals surface area contributed by atoms with E-state index in [1.807, 2.05) is 0 Å². The van der Waals surface area contributed by atoms with Gasteiger partial charge in [0.15, 0.2) is 0 Å². The molecule has 17 heavy (non-hydrogen) atoms. The predicted molar refractivity (Wildman–Crippen MR) is 73.1 cm³/mol. The normalized spacial score (nSPS) is 24.3. The highest BCUT2D eigenvalue weighted by atomic mass is 15.1. The van der Waals surface area contributed by atoms with Gasteiger partial charge in [0.2, 0.25) is 0 Å². The van der Waals surface area contributed by atoms with Gasteiger partial charge >= 0.3 is 0 Å². The molecule has 1 aromatic carbocycles. The molecule has 2 atom stereocenters. The molecule has 0 radical (unpaired) electrons. The number of likely N-dealkylation sites (tertiary alicyclic amines) is 1. The van der Waals surface area contributed by atoms with Gasteiger partial charge in [-0.1, -0.05) is 24.3 Å². The van der Waals surface area contributed by atoms with E-state index in [0.717, 1.165) is 5.92 Å². The van der Waals surface area contributed by atoms with E-state index >= 15 is 0 Å². The fourth-order valence-electron chi connectivity index (χ4n) is 2.67. The van der Waals surface area contributed by atoms with Crippen LogP contribution < -0.4 is 5.73 Å². The molecule has 0 spiro atoms. The van der Waals surface area contributed by atoms with Crippen LogP contribution in [-0.4, -0.2) is 25.0 Å². The molecule has 0 bridgehead atoms. The van der Waals surface area contributed by atoms with E-state index in [1.165, 1.54) is 43.5 Å². The monoisotopic (exact) mass is 232 g/mol. The van der Waals surface area contributed by atoms with Gasteiger partial charge in [0.1, 0.15) is 0 Å². The summed E-state index contributed by atoms with van der Waals surface area (Å²) in [5.74, 6) is 0.721. The maximum atomic E-state index is 5.96. The lowest BCUT2D eigenvalue weighted by molar-refractivity contribution is 0.347. The zero-order chi connectivity index (χ0) is 12.3. The van der Waals surface area contributed by atoms with Crippen LogP contribution in [0.4, 0.5) is 0 Å². The Balaban J connectivity index is 2.13. The van der Waals surface area contributed by atoms with Gasteiger partial charge < -0.3 is 10.6 Å². The smallest absolute Gasteiger partial charge is 0.0266 e. The van der Waals surface area contributed by atoms with Crippen LogP contribution >= 0.6 is 0 Å². The van der Waals surface area contributed by atoms with E-state index in [2.05, 4.69) is 43.1 Å². The third-order valence-corrected chi connectivity index (χ3v) is 3.86. The van der Waals surface area contributed by atoms with Crippen LogP contribution in [0.1, 0.15) is 49.3 Å². The van der Waals surface area contributed by atoms with Crippen LogP contribution in [0.2, 0.25) is 0 Å². The van der Waals surface area contributed by atoms with Gasteiger partial charge in [-0.3, -0.25) is 0 Å². The molecule has 1 aromatic rings. The van der Waals surface area contributed by atoms with Gasteiger partial charge in [-0.2, -0.15) is 0 Å². The van der Waals surface area contributed by atoms with Crippen LogP contribution in [0.25, 0.3) is 0 Å². The first-order valence-electron chi connectivity index (χ1n) is 6.71. The van der Waals surface area contributed by atoms with Crippen molar-refractivity contribution in [1.82, 2.24) is 4.90 Å². The minimum absolute atomic E-state index is 0.142. The van der Waals surface area contributed by atoms with Crippen molar-refractivity contribution in [1.29, 1.82) is 0 Å². The van der Waals surface area contributed by atoms with E-state index in [9.17, 15) is 0 Å². The summed E-state index contributed by atoms with van der Waals surface area (Å²) in [5, 5.41) is 0. The lowest BCUT2D eigenvalue weighted by Gasteiger charge is -2.17. The number of hydrogen-bond acceptors (Lipinski definition) is 2. The van der Waals surface area contributed by atoms with Crippen LogP contribution in [0, 0.1) is 0 Å². The molecule has 1 aliphatic rings. The number of nitrogens with zero attached hydrogens (tertiary/aromatic N) is 1. The minimum atomic E-state index is 0.142. The summed E-state index contributed by atoms with van der Waals surface area (Å²) in [7, 11) is 2.22. The molecule has 1 heterocycles. The molecule has 2 rings (SSSR count). The summed E-state index contributed by atoms with van der Waals surface area (Å²) in [6.07, 6.45) is 3.90. The highest BCUT2D eigenvalue weighted by molar-refractivity contribution is 5.28. The Hall–Kier alpha value is -0.860. The molecule has 0 amide bonds. The molecule has 94 valence electrons. The van der Waals surface area contributed by atoms with Crippen molar-refractivity contribution in [2.24, 2.45) is 5.73 Å². The molecule has 1 saturated heterocycles. The molecular formula is C15H24N2. The van der Waals surface area contributed by atoms with Gasteiger partial charge in [0.05, 0.1) is 0 Å². The molecule has 0 aromatic heterocycles. The van der Waals surface area contributed by atoms with Gasteiger partial charge in [-0.25, -0.2) is 0 Å². The van der Waals surface area contributed by atoms with Crippen LogP contribution in [-0.2, 0) is 0 Å². The maximum absolute atomic E-state index is 5.96. The molecule has 1 fully saturated rings. The average molecular weight is 232 g/mol. The van der Waals surface area contributed by atoms with Crippen molar-refractivity contribution >= 4 is 0 Å². The molecule has 2 N–H and O–H groups in total. The first-order chi connectivity index (χ1) is 8.16. The van der Waals surface area contributed by atoms with Crippen molar-refractivity contribution in [2.45, 2.75) is 38.1 Å². The first kappa shape index (κ1) is 12.6. The number of benzene rings is 1. The van der Waals surface area contributed by atoms with Crippen molar-refractivity contribution in [2.75, 3.05) is 20.1 Å². The molecule has 0 saturated carbocycles. The summed E-state index contributed by atoms with van der Waals surface area (Å²) in [4.78, 5) is 2.44. The lowest BCUT2D eigenvalue weighted by Crippen LogP contribution is -2.18. The van der Waals surface area contributed by atoms with E-state index in [4.69, 9.17) is 5.73 Å². The van der Waals surface area contributed by atoms with E-state index in [-0.39, 0.29) is 6.04 Å². The Kier molecular flexibility index (Phi) is 4.19. The predicted octanol–water partition coefficient (Wildman–Crippen LogP) is 2.91. The molecule has 2 heteroatoms. The average Bonchev–Trinajstić information content (AvgIpc) is 2.54. The SMILES string of the molecule is CC(N)c1cccc(C2CCCN(C)CC2)c1. The minimum Gasteiger partial charge on any atom is -0.324 e. The third-order valence-electron chi connectivity index (χ3n) is 3.86. The summed E-state index contributed by atoms with van der Waals surface area (Å²) in [6, 6.07) is 9.01. The number of hydrogen-bond donors (Lipinski definition) is 1. The van der Waals surface area contributed by atoms with Gasteiger partial charge in [-0.15, -0.1) is 0 Å². The summed E-state index contributed by atoms with van der Waals surface area (Å²) in [5.41, 5.74) is 8.70. The maximum Gasteiger partial charge on any atom is 0.0266 e. The van der Waals surface area contributed by atoms with Crippen molar-refractivity contribution < 1.29 is 0 Å². The topological polar surface area (TPSA) is 29.3 Å². The van der Waals surface area contributed by atoms with Crippen molar-refractivity contribution in [3.05, 3.63) is 35.4 Å². The van der Waals surface area contributed by atoms with Gasteiger partial charge in [0, 0.05) is 6.04 Å². The Morgan fingerprint density at radius 2 is 2.12 bits per heavy atom. The van der Waals surface area contributed by atoms with Crippen molar-refractivity contribution in [3.63, 3.8) is 0 Å². The zero-order valence-electron chi connectivity index (χ0n) is 11.0. The van der Waals surface area contributed by atoms with Crippen LogP contribution in [0.3, 0.4) is 0 Å². The second kappa shape index (κ2) is 5.65.